The molecule has 0 spiro atoms. The standard InChI is InChI=1S/C15H21NO3/c1-3-9-16-15(11-14(17)18-2)8-10-19-13-7-5-4-6-12(13)15/h4-7,16H,3,8-11H2,1-2H3. The molecule has 1 aliphatic heterocycles. The molecule has 1 heterocycles. The number of nitrogens with one attached hydrogen (secondary N) is 1. The number of methoxy groups -OCH3 is 1. The number of para-hydroxylation sites is 1. The van der Waals surface area contributed by atoms with Crippen molar-refractivity contribution in [1.29, 1.82) is 0 Å². The molecule has 1 aliphatic rings. The number of hydrogen-bond acceptors (Lipinski definition) is 4. The molecule has 0 aromatic heterocycles. The van der Waals surface area contributed by atoms with Gasteiger partial charge in [-0.3, -0.25) is 4.79 Å². The highest BCUT2D eigenvalue weighted by Gasteiger charge is 2.39. The van der Waals surface area contributed by atoms with Crippen LogP contribution in [-0.2, 0) is 15.1 Å². The van der Waals surface area contributed by atoms with E-state index in [0.717, 1.165) is 30.7 Å². The lowest BCUT2D eigenvalue weighted by molar-refractivity contribution is -0.142. The highest BCUT2D eigenvalue weighted by atomic mass is 16.5. The first-order valence-corrected chi connectivity index (χ1v) is 6.76. The third-order valence-corrected chi connectivity index (χ3v) is 3.58. The molecule has 1 aromatic rings. The maximum Gasteiger partial charge on any atom is 0.307 e. The van der Waals surface area contributed by atoms with E-state index in [0.29, 0.717) is 13.0 Å². The second-order valence-corrected chi connectivity index (χ2v) is 4.86. The SMILES string of the molecule is CCCNC1(CC(=O)OC)CCOc2ccccc21. The van der Waals surface area contributed by atoms with Crippen LogP contribution in [0.15, 0.2) is 24.3 Å². The highest BCUT2D eigenvalue weighted by molar-refractivity contribution is 5.71. The molecule has 19 heavy (non-hydrogen) atoms. The molecule has 1 aromatic carbocycles. The van der Waals surface area contributed by atoms with Gasteiger partial charge in [0.05, 0.1) is 25.7 Å². The maximum atomic E-state index is 11.8. The molecular formula is C15H21NO3. The summed E-state index contributed by atoms with van der Waals surface area (Å²) in [7, 11) is 1.43. The lowest BCUT2D eigenvalue weighted by atomic mass is 9.81. The lowest BCUT2D eigenvalue weighted by Crippen LogP contribution is -2.48. The van der Waals surface area contributed by atoms with Crippen LogP contribution in [0.25, 0.3) is 0 Å². The van der Waals surface area contributed by atoms with Crippen LogP contribution in [0.4, 0.5) is 0 Å². The zero-order valence-electron chi connectivity index (χ0n) is 11.6. The number of ether oxygens (including phenoxy) is 2. The average Bonchev–Trinajstić information content (AvgIpc) is 2.45. The Kier molecular flexibility index (Phi) is 4.43. The number of rotatable bonds is 5. The van der Waals surface area contributed by atoms with Crippen molar-refractivity contribution in [3.8, 4) is 5.75 Å². The molecule has 0 bridgehead atoms. The topological polar surface area (TPSA) is 47.6 Å². The zero-order chi connectivity index (χ0) is 13.7. The number of fused-ring (bicyclic) bond motifs is 1. The van der Waals surface area contributed by atoms with Crippen LogP contribution in [0.3, 0.4) is 0 Å². The van der Waals surface area contributed by atoms with Crippen molar-refractivity contribution in [3.63, 3.8) is 0 Å². The van der Waals surface area contributed by atoms with Gasteiger partial charge in [-0.1, -0.05) is 25.1 Å². The molecule has 1 atom stereocenters. The van der Waals surface area contributed by atoms with Crippen LogP contribution >= 0.6 is 0 Å². The van der Waals surface area contributed by atoms with E-state index in [1.54, 1.807) is 0 Å². The zero-order valence-corrected chi connectivity index (χ0v) is 11.6. The summed E-state index contributed by atoms with van der Waals surface area (Å²) in [6.45, 7) is 3.60. The predicted molar refractivity (Wildman–Crippen MR) is 73.2 cm³/mol. The second kappa shape index (κ2) is 6.06. The van der Waals surface area contributed by atoms with Crippen molar-refractivity contribution in [2.75, 3.05) is 20.3 Å². The Balaban J connectivity index is 2.35. The first kappa shape index (κ1) is 13.9. The fourth-order valence-corrected chi connectivity index (χ4v) is 2.57. The summed E-state index contributed by atoms with van der Waals surface area (Å²) in [6.07, 6.45) is 2.13. The predicted octanol–water partition coefficient (Wildman–Crippen LogP) is 2.23. The first-order chi connectivity index (χ1) is 9.22. The van der Waals surface area contributed by atoms with Crippen LogP contribution in [0, 0.1) is 0 Å². The molecule has 2 rings (SSSR count). The minimum absolute atomic E-state index is 0.194. The molecular weight excluding hydrogens is 242 g/mol. The van der Waals surface area contributed by atoms with Crippen LogP contribution in [0.5, 0.6) is 5.75 Å². The molecule has 1 unspecified atom stereocenters. The Labute approximate surface area is 114 Å². The average molecular weight is 263 g/mol. The third kappa shape index (κ3) is 2.89. The van der Waals surface area contributed by atoms with E-state index in [2.05, 4.69) is 12.2 Å². The Morgan fingerprint density at radius 1 is 1.47 bits per heavy atom. The van der Waals surface area contributed by atoms with Crippen LogP contribution in [-0.4, -0.2) is 26.2 Å². The van der Waals surface area contributed by atoms with E-state index in [1.165, 1.54) is 7.11 Å². The molecule has 0 amide bonds. The van der Waals surface area contributed by atoms with Crippen molar-refractivity contribution in [3.05, 3.63) is 29.8 Å². The van der Waals surface area contributed by atoms with E-state index >= 15 is 0 Å². The molecule has 0 aliphatic carbocycles. The lowest BCUT2D eigenvalue weighted by Gasteiger charge is -2.39. The van der Waals surface area contributed by atoms with Gasteiger partial charge in [-0.25, -0.2) is 0 Å². The molecule has 4 heteroatoms. The van der Waals surface area contributed by atoms with Gasteiger partial charge in [0.2, 0.25) is 0 Å². The van der Waals surface area contributed by atoms with Gasteiger partial charge >= 0.3 is 5.97 Å². The van der Waals surface area contributed by atoms with Gasteiger partial charge < -0.3 is 14.8 Å². The highest BCUT2D eigenvalue weighted by Crippen LogP contribution is 2.39. The van der Waals surface area contributed by atoms with Crippen LogP contribution in [0.2, 0.25) is 0 Å². The van der Waals surface area contributed by atoms with Gasteiger partial charge in [0.1, 0.15) is 5.75 Å². The molecule has 1 N–H and O–H groups in total. The number of carbonyl (C=O) groups is 1. The Hall–Kier alpha value is -1.55. The van der Waals surface area contributed by atoms with Gasteiger partial charge in [0, 0.05) is 12.0 Å². The van der Waals surface area contributed by atoms with Crippen LogP contribution in [0.1, 0.15) is 31.7 Å². The number of carbonyl (C=O) groups excluding carboxylic acids is 1. The monoisotopic (exact) mass is 263 g/mol. The van der Waals surface area contributed by atoms with Crippen molar-refractivity contribution in [2.45, 2.75) is 31.7 Å². The van der Waals surface area contributed by atoms with Crippen molar-refractivity contribution in [1.82, 2.24) is 5.32 Å². The molecule has 104 valence electrons. The summed E-state index contributed by atoms with van der Waals surface area (Å²) in [5, 5.41) is 3.53. The largest absolute Gasteiger partial charge is 0.493 e. The fraction of sp³-hybridized carbons (Fsp3) is 0.533. The van der Waals surface area contributed by atoms with Crippen LogP contribution < -0.4 is 10.1 Å². The van der Waals surface area contributed by atoms with Gasteiger partial charge in [-0.05, 0) is 19.0 Å². The van der Waals surface area contributed by atoms with E-state index in [1.807, 2.05) is 24.3 Å². The summed E-state index contributed by atoms with van der Waals surface area (Å²) < 4.78 is 10.5. The summed E-state index contributed by atoms with van der Waals surface area (Å²) in [4.78, 5) is 11.8. The molecule has 0 radical (unpaired) electrons. The minimum Gasteiger partial charge on any atom is -0.493 e. The molecule has 0 saturated heterocycles. The minimum atomic E-state index is -0.363. The Morgan fingerprint density at radius 2 is 2.26 bits per heavy atom. The number of esters is 1. The second-order valence-electron chi connectivity index (χ2n) is 4.86. The van der Waals surface area contributed by atoms with E-state index in [4.69, 9.17) is 9.47 Å². The summed E-state index contributed by atoms with van der Waals surface area (Å²) in [6, 6.07) is 7.91. The summed E-state index contributed by atoms with van der Waals surface area (Å²) in [5.74, 6) is 0.668. The van der Waals surface area contributed by atoms with E-state index in [-0.39, 0.29) is 11.5 Å². The van der Waals surface area contributed by atoms with E-state index in [9.17, 15) is 4.79 Å². The van der Waals surface area contributed by atoms with Crippen molar-refractivity contribution < 1.29 is 14.3 Å². The quantitative estimate of drug-likeness (QED) is 0.828. The Morgan fingerprint density at radius 3 is 3.00 bits per heavy atom. The van der Waals surface area contributed by atoms with Crippen molar-refractivity contribution >= 4 is 5.97 Å². The molecule has 4 nitrogen and oxygen atoms in total. The van der Waals surface area contributed by atoms with Gasteiger partial charge in [-0.2, -0.15) is 0 Å². The summed E-state index contributed by atoms with van der Waals surface area (Å²) >= 11 is 0. The van der Waals surface area contributed by atoms with Gasteiger partial charge in [-0.15, -0.1) is 0 Å². The van der Waals surface area contributed by atoms with E-state index < -0.39 is 0 Å². The normalized spacial score (nSPS) is 21.4. The molecule has 0 saturated carbocycles. The summed E-state index contributed by atoms with van der Waals surface area (Å²) in [5.41, 5.74) is 0.693. The van der Waals surface area contributed by atoms with Gasteiger partial charge in [0.15, 0.2) is 0 Å². The smallest absolute Gasteiger partial charge is 0.307 e. The Bertz CT molecular complexity index is 447. The van der Waals surface area contributed by atoms with Gasteiger partial charge in [0.25, 0.3) is 0 Å². The number of benzene rings is 1. The van der Waals surface area contributed by atoms with Crippen molar-refractivity contribution in [2.24, 2.45) is 0 Å². The first-order valence-electron chi connectivity index (χ1n) is 6.76. The fourth-order valence-electron chi connectivity index (χ4n) is 2.57. The third-order valence-electron chi connectivity index (χ3n) is 3.58. The maximum absolute atomic E-state index is 11.8. The number of hydrogen-bond donors (Lipinski definition) is 1. The molecule has 0 fully saturated rings.